The van der Waals surface area contributed by atoms with Crippen LogP contribution in [-0.4, -0.2) is 31.0 Å². The minimum atomic E-state index is -3.45. The molecule has 1 aromatic heterocycles. The second-order valence-electron chi connectivity index (χ2n) is 4.56. The van der Waals surface area contributed by atoms with Crippen molar-refractivity contribution in [3.05, 3.63) is 34.2 Å². The Bertz CT molecular complexity index is 892. The summed E-state index contributed by atoms with van der Waals surface area (Å²) in [4.78, 5) is 27.4. The van der Waals surface area contributed by atoms with Gasteiger partial charge in [0.15, 0.2) is 25.7 Å². The minimum Gasteiger partial charge on any atom is -0.424 e. The zero-order chi connectivity index (χ0) is 17.9. The molecule has 0 unspecified atom stereocenters. The van der Waals surface area contributed by atoms with Gasteiger partial charge in [0.1, 0.15) is 0 Å². The predicted octanol–water partition coefficient (Wildman–Crippen LogP) is 2.77. The van der Waals surface area contributed by atoms with E-state index in [9.17, 15) is 18.0 Å². The van der Waals surface area contributed by atoms with Gasteiger partial charge in [0.2, 0.25) is 0 Å². The molecule has 0 atom stereocenters. The number of carbonyl (C=O) groups excluding carboxylic acids is 2. The highest BCUT2D eigenvalue weighted by molar-refractivity contribution is 7.91. The van der Waals surface area contributed by atoms with Crippen LogP contribution in [0.25, 0.3) is 0 Å². The van der Waals surface area contributed by atoms with Crippen LogP contribution in [0, 0.1) is 0 Å². The molecule has 7 nitrogen and oxygen atoms in total. The molecule has 0 spiro atoms. The second kappa shape index (κ2) is 7.29. The van der Waals surface area contributed by atoms with E-state index < -0.39 is 21.7 Å². The fourth-order valence-corrected chi connectivity index (χ4v) is 3.80. The number of hydrogen-bond donors (Lipinski definition) is 1. The number of nitrogens with zero attached hydrogens (tertiary/aromatic N) is 1. The lowest BCUT2D eigenvalue weighted by Gasteiger charge is -2.09. The van der Waals surface area contributed by atoms with Gasteiger partial charge < -0.3 is 4.74 Å². The Labute approximate surface area is 147 Å². The summed E-state index contributed by atoms with van der Waals surface area (Å²) >= 11 is 6.93. The molecular formula is C14H13ClN2O5S2. The van der Waals surface area contributed by atoms with Crippen molar-refractivity contribution in [2.75, 3.05) is 11.1 Å². The Kier molecular flexibility index (Phi) is 5.58. The second-order valence-corrected chi connectivity index (χ2v) is 8.05. The summed E-state index contributed by atoms with van der Waals surface area (Å²) in [5.74, 6) is -1.40. The molecule has 0 aliphatic carbocycles. The van der Waals surface area contributed by atoms with Gasteiger partial charge in [-0.05, 0) is 12.1 Å². The highest BCUT2D eigenvalue weighted by Crippen LogP contribution is 2.30. The molecule has 0 radical (unpaired) electrons. The number of rotatable bonds is 5. The average molecular weight is 389 g/mol. The average Bonchev–Trinajstić information content (AvgIpc) is 2.98. The number of aromatic nitrogens is 1. The molecule has 0 aliphatic heterocycles. The Morgan fingerprint density at radius 3 is 2.71 bits per heavy atom. The number of carbonyl (C=O) groups is 2. The van der Waals surface area contributed by atoms with Gasteiger partial charge in [-0.15, -0.1) is 11.3 Å². The molecule has 2 aromatic rings. The summed E-state index contributed by atoms with van der Waals surface area (Å²) in [6.07, 6.45) is 0. The number of esters is 1. The van der Waals surface area contributed by atoms with Gasteiger partial charge in [0, 0.05) is 12.3 Å². The minimum absolute atomic E-state index is 0.0350. The van der Waals surface area contributed by atoms with Crippen molar-refractivity contribution < 1.29 is 22.7 Å². The van der Waals surface area contributed by atoms with Crippen LogP contribution >= 0.6 is 22.9 Å². The number of thiazole rings is 1. The van der Waals surface area contributed by atoms with Crippen LogP contribution in [-0.2, 0) is 14.6 Å². The highest BCUT2D eigenvalue weighted by atomic mass is 35.5. The van der Waals surface area contributed by atoms with Crippen LogP contribution in [0.5, 0.6) is 5.75 Å². The number of para-hydroxylation sites is 1. The molecule has 24 heavy (non-hydrogen) atoms. The third-order valence-electron chi connectivity index (χ3n) is 2.86. The van der Waals surface area contributed by atoms with Crippen molar-refractivity contribution in [1.29, 1.82) is 0 Å². The smallest absolute Gasteiger partial charge is 0.308 e. The number of nitrogens with one attached hydrogen (secondary N) is 1. The molecule has 0 fully saturated rings. The number of anilines is 1. The number of sulfone groups is 1. The molecule has 2 rings (SSSR count). The molecular weight excluding hydrogens is 376 g/mol. The number of benzene rings is 1. The van der Waals surface area contributed by atoms with Crippen LogP contribution < -0.4 is 10.1 Å². The Morgan fingerprint density at radius 2 is 2.08 bits per heavy atom. The number of hydrogen-bond acceptors (Lipinski definition) is 7. The van der Waals surface area contributed by atoms with Crippen LogP contribution in [0.1, 0.15) is 24.2 Å². The van der Waals surface area contributed by atoms with E-state index in [2.05, 4.69) is 10.3 Å². The van der Waals surface area contributed by atoms with E-state index in [0.29, 0.717) is 0 Å². The van der Waals surface area contributed by atoms with Gasteiger partial charge >= 0.3 is 5.97 Å². The molecule has 128 valence electrons. The third-order valence-corrected chi connectivity index (χ3v) is 5.67. The molecule has 0 saturated carbocycles. The summed E-state index contributed by atoms with van der Waals surface area (Å²) in [7, 11) is -3.45. The van der Waals surface area contributed by atoms with Gasteiger partial charge in [-0.25, -0.2) is 13.4 Å². The van der Waals surface area contributed by atoms with Gasteiger partial charge in [-0.2, -0.15) is 0 Å². The summed E-state index contributed by atoms with van der Waals surface area (Å²) in [5, 5.41) is 3.93. The third kappa shape index (κ3) is 4.11. The number of amides is 1. The maximum atomic E-state index is 12.4. The predicted molar refractivity (Wildman–Crippen MR) is 90.6 cm³/mol. The first kappa shape index (κ1) is 18.4. The summed E-state index contributed by atoms with van der Waals surface area (Å²) in [6.45, 7) is 2.69. The lowest BCUT2D eigenvalue weighted by molar-refractivity contribution is -0.131. The van der Waals surface area contributed by atoms with Crippen molar-refractivity contribution in [3.8, 4) is 5.75 Å². The molecule has 0 saturated heterocycles. The molecule has 1 aromatic carbocycles. The maximum Gasteiger partial charge on any atom is 0.308 e. The maximum absolute atomic E-state index is 12.4. The van der Waals surface area contributed by atoms with Crippen LogP contribution in [0.4, 0.5) is 5.13 Å². The molecule has 1 heterocycles. The Hall–Kier alpha value is -1.97. The first-order chi connectivity index (χ1) is 11.2. The van der Waals surface area contributed by atoms with E-state index in [1.807, 2.05) is 0 Å². The summed E-state index contributed by atoms with van der Waals surface area (Å²) in [6, 6.07) is 4.43. The van der Waals surface area contributed by atoms with Gasteiger partial charge in [0.05, 0.1) is 16.3 Å². The van der Waals surface area contributed by atoms with Crippen LogP contribution in [0.3, 0.4) is 0 Å². The van der Waals surface area contributed by atoms with Crippen molar-refractivity contribution in [3.63, 3.8) is 0 Å². The molecule has 10 heteroatoms. The molecule has 0 aliphatic rings. The largest absolute Gasteiger partial charge is 0.424 e. The lowest BCUT2D eigenvalue weighted by Crippen LogP contribution is -2.15. The Morgan fingerprint density at radius 1 is 1.38 bits per heavy atom. The lowest BCUT2D eigenvalue weighted by atomic mass is 10.2. The monoisotopic (exact) mass is 388 g/mol. The fraction of sp³-hybridized carbons (Fsp3) is 0.214. The Balaban J connectivity index is 2.28. The van der Waals surface area contributed by atoms with Crippen molar-refractivity contribution >= 4 is 49.8 Å². The van der Waals surface area contributed by atoms with E-state index in [1.54, 1.807) is 0 Å². The van der Waals surface area contributed by atoms with E-state index in [-0.39, 0.29) is 32.2 Å². The van der Waals surface area contributed by atoms with E-state index >= 15 is 0 Å². The quantitative estimate of drug-likeness (QED) is 0.624. The van der Waals surface area contributed by atoms with Crippen molar-refractivity contribution in [1.82, 2.24) is 4.98 Å². The normalized spacial score (nSPS) is 11.1. The molecule has 1 amide bonds. The molecule has 0 bridgehead atoms. The van der Waals surface area contributed by atoms with Gasteiger partial charge in [-0.3, -0.25) is 14.9 Å². The van der Waals surface area contributed by atoms with E-state index in [0.717, 1.165) is 11.3 Å². The summed E-state index contributed by atoms with van der Waals surface area (Å²) < 4.78 is 28.5. The first-order valence-corrected chi connectivity index (χ1v) is 9.62. The zero-order valence-corrected chi connectivity index (χ0v) is 15.1. The van der Waals surface area contributed by atoms with Crippen molar-refractivity contribution in [2.45, 2.75) is 18.9 Å². The van der Waals surface area contributed by atoms with Crippen molar-refractivity contribution in [2.24, 2.45) is 0 Å². The number of ether oxygens (including phenoxy) is 1. The SMILES string of the molecule is CCS(=O)(=O)c1csc(NC(=O)c2cccc(Cl)c2OC(C)=O)n1. The highest BCUT2D eigenvalue weighted by Gasteiger charge is 2.20. The van der Waals surface area contributed by atoms with Crippen LogP contribution in [0.15, 0.2) is 28.6 Å². The fourth-order valence-electron chi connectivity index (χ4n) is 1.71. The van der Waals surface area contributed by atoms with Crippen LogP contribution in [0.2, 0.25) is 5.02 Å². The first-order valence-electron chi connectivity index (χ1n) is 6.71. The number of halogens is 1. The molecule has 1 N–H and O–H groups in total. The van der Waals surface area contributed by atoms with Gasteiger partial charge in [0.25, 0.3) is 5.91 Å². The summed E-state index contributed by atoms with van der Waals surface area (Å²) in [5.41, 5.74) is 0.0350. The van der Waals surface area contributed by atoms with E-state index in [1.165, 1.54) is 37.4 Å². The van der Waals surface area contributed by atoms with E-state index in [4.69, 9.17) is 16.3 Å². The van der Waals surface area contributed by atoms with Gasteiger partial charge in [-0.1, -0.05) is 24.6 Å². The topological polar surface area (TPSA) is 102 Å². The zero-order valence-electron chi connectivity index (χ0n) is 12.7. The standard InChI is InChI=1S/C14H13ClN2O5S2/c1-3-24(20,21)11-7-23-14(16-11)17-13(19)9-5-4-6-10(15)12(9)22-8(2)18/h4-7H,3H2,1-2H3,(H,16,17,19).